The van der Waals surface area contributed by atoms with Gasteiger partial charge in [-0.25, -0.2) is 0 Å². The highest BCUT2D eigenvalue weighted by atomic mass is 16.6. The molecule has 8 nitrogen and oxygen atoms in total. The first-order valence-electron chi connectivity index (χ1n) is 7.75. The smallest absolute Gasteiger partial charge is 0.293 e. The lowest BCUT2D eigenvalue weighted by atomic mass is 10.1. The molecule has 1 aliphatic carbocycles. The summed E-state index contributed by atoms with van der Waals surface area (Å²) in [6, 6.07) is 12.8. The number of hydrazine groups is 1. The fourth-order valence-electron chi connectivity index (χ4n) is 2.24. The van der Waals surface area contributed by atoms with Crippen molar-refractivity contribution in [3.63, 3.8) is 0 Å². The number of nitro benzene ring substituents is 1. The molecule has 0 spiro atoms. The number of anilines is 1. The highest BCUT2D eigenvalue weighted by molar-refractivity contribution is 5.99. The van der Waals surface area contributed by atoms with Gasteiger partial charge in [-0.3, -0.25) is 30.6 Å². The lowest BCUT2D eigenvalue weighted by Crippen LogP contribution is -2.41. The number of nitrogens with one attached hydrogen (secondary N) is 3. The molecule has 0 heterocycles. The minimum absolute atomic E-state index is 0.0846. The van der Waals surface area contributed by atoms with E-state index in [1.165, 1.54) is 18.2 Å². The minimum atomic E-state index is -0.634. The summed E-state index contributed by atoms with van der Waals surface area (Å²) in [7, 11) is 0. The van der Waals surface area contributed by atoms with Crippen molar-refractivity contribution in [2.24, 2.45) is 0 Å². The molecule has 3 N–H and O–H groups in total. The van der Waals surface area contributed by atoms with Gasteiger partial charge in [0.15, 0.2) is 0 Å². The first-order valence-corrected chi connectivity index (χ1v) is 7.75. The number of carbonyl (C=O) groups is 2. The Morgan fingerprint density at radius 2 is 1.60 bits per heavy atom. The highest BCUT2D eigenvalue weighted by Gasteiger charge is 2.25. The number of nitro groups is 1. The van der Waals surface area contributed by atoms with E-state index >= 15 is 0 Å². The van der Waals surface area contributed by atoms with Gasteiger partial charge in [0.05, 0.1) is 4.92 Å². The van der Waals surface area contributed by atoms with Crippen LogP contribution < -0.4 is 16.2 Å². The molecule has 0 unspecified atom stereocenters. The van der Waals surface area contributed by atoms with E-state index in [1.54, 1.807) is 30.3 Å². The molecule has 0 aromatic heterocycles. The van der Waals surface area contributed by atoms with Crippen molar-refractivity contribution in [3.8, 4) is 0 Å². The van der Waals surface area contributed by atoms with E-state index < -0.39 is 16.7 Å². The van der Waals surface area contributed by atoms with Gasteiger partial charge in [-0.1, -0.05) is 18.2 Å². The summed E-state index contributed by atoms with van der Waals surface area (Å²) in [4.78, 5) is 34.7. The molecular formula is C17H16N4O4. The van der Waals surface area contributed by atoms with E-state index in [-0.39, 0.29) is 17.3 Å². The van der Waals surface area contributed by atoms with E-state index in [4.69, 9.17) is 0 Å². The van der Waals surface area contributed by atoms with Crippen molar-refractivity contribution >= 4 is 23.2 Å². The SMILES string of the molecule is O=C(NNC(=O)c1ccc(NC2CC2)c([N+](=O)[O-])c1)c1ccccc1. The van der Waals surface area contributed by atoms with Crippen LogP contribution in [0.5, 0.6) is 0 Å². The van der Waals surface area contributed by atoms with Crippen LogP contribution in [-0.4, -0.2) is 22.8 Å². The van der Waals surface area contributed by atoms with Crippen LogP contribution in [0, 0.1) is 10.1 Å². The van der Waals surface area contributed by atoms with Crippen LogP contribution in [0.4, 0.5) is 11.4 Å². The molecule has 2 aromatic carbocycles. The summed E-state index contributed by atoms with van der Waals surface area (Å²) < 4.78 is 0. The average Bonchev–Trinajstić information content (AvgIpc) is 3.44. The first kappa shape index (κ1) is 16.4. The van der Waals surface area contributed by atoms with Crippen molar-refractivity contribution in [1.82, 2.24) is 10.9 Å². The van der Waals surface area contributed by atoms with Crippen LogP contribution >= 0.6 is 0 Å². The molecule has 3 rings (SSSR count). The molecule has 2 aromatic rings. The van der Waals surface area contributed by atoms with Crippen molar-refractivity contribution in [3.05, 3.63) is 69.8 Å². The van der Waals surface area contributed by atoms with Gasteiger partial charge in [0.1, 0.15) is 5.69 Å². The van der Waals surface area contributed by atoms with Gasteiger partial charge in [0, 0.05) is 23.2 Å². The van der Waals surface area contributed by atoms with Crippen LogP contribution in [0.2, 0.25) is 0 Å². The zero-order valence-electron chi connectivity index (χ0n) is 13.2. The van der Waals surface area contributed by atoms with Crippen LogP contribution in [0.3, 0.4) is 0 Å². The molecule has 1 saturated carbocycles. The van der Waals surface area contributed by atoms with E-state index in [9.17, 15) is 19.7 Å². The Balaban J connectivity index is 1.68. The average molecular weight is 340 g/mol. The normalized spacial score (nSPS) is 13.0. The zero-order chi connectivity index (χ0) is 17.8. The third kappa shape index (κ3) is 4.11. The molecular weight excluding hydrogens is 324 g/mol. The van der Waals surface area contributed by atoms with Crippen LogP contribution in [0.15, 0.2) is 48.5 Å². The molecule has 128 valence electrons. The van der Waals surface area contributed by atoms with Crippen molar-refractivity contribution in [1.29, 1.82) is 0 Å². The summed E-state index contributed by atoms with van der Waals surface area (Å²) in [6.45, 7) is 0. The molecule has 8 heteroatoms. The molecule has 1 fully saturated rings. The lowest BCUT2D eigenvalue weighted by molar-refractivity contribution is -0.384. The van der Waals surface area contributed by atoms with E-state index in [0.717, 1.165) is 12.8 Å². The van der Waals surface area contributed by atoms with Crippen LogP contribution in [-0.2, 0) is 0 Å². The zero-order valence-corrected chi connectivity index (χ0v) is 13.2. The Morgan fingerprint density at radius 3 is 2.20 bits per heavy atom. The number of hydrogen-bond acceptors (Lipinski definition) is 5. The summed E-state index contributed by atoms with van der Waals surface area (Å²) in [6.07, 6.45) is 1.95. The summed E-state index contributed by atoms with van der Waals surface area (Å²) in [5, 5.41) is 14.3. The molecule has 0 saturated heterocycles. The van der Waals surface area contributed by atoms with Gasteiger partial charge >= 0.3 is 0 Å². The third-order valence-electron chi connectivity index (χ3n) is 3.72. The standard InChI is InChI=1S/C17H16N4O4/c22-16(11-4-2-1-3-5-11)19-20-17(23)12-6-9-14(18-13-7-8-13)15(10-12)21(24)25/h1-6,9-10,13,18H,7-8H2,(H,19,22)(H,20,23). The van der Waals surface area contributed by atoms with E-state index in [1.807, 2.05) is 0 Å². The summed E-state index contributed by atoms with van der Waals surface area (Å²) in [5.41, 5.74) is 5.22. The minimum Gasteiger partial charge on any atom is -0.377 e. The number of rotatable bonds is 5. The predicted molar refractivity (Wildman–Crippen MR) is 91.1 cm³/mol. The Bertz CT molecular complexity index is 819. The molecule has 1 aliphatic rings. The van der Waals surface area contributed by atoms with Crippen LogP contribution in [0.25, 0.3) is 0 Å². The molecule has 0 radical (unpaired) electrons. The summed E-state index contributed by atoms with van der Waals surface area (Å²) in [5.74, 6) is -1.11. The molecule has 0 aliphatic heterocycles. The molecule has 0 atom stereocenters. The van der Waals surface area contributed by atoms with Gasteiger partial charge in [-0.05, 0) is 37.1 Å². The van der Waals surface area contributed by atoms with Crippen molar-refractivity contribution in [2.75, 3.05) is 5.32 Å². The quantitative estimate of drug-likeness (QED) is 0.570. The molecule has 25 heavy (non-hydrogen) atoms. The second-order valence-corrected chi connectivity index (χ2v) is 5.68. The van der Waals surface area contributed by atoms with Crippen molar-refractivity contribution < 1.29 is 14.5 Å². The summed E-state index contributed by atoms with van der Waals surface area (Å²) >= 11 is 0. The third-order valence-corrected chi connectivity index (χ3v) is 3.72. The fourth-order valence-corrected chi connectivity index (χ4v) is 2.24. The van der Waals surface area contributed by atoms with Gasteiger partial charge in [0.25, 0.3) is 17.5 Å². The molecule has 2 amide bonds. The number of carbonyl (C=O) groups excluding carboxylic acids is 2. The topological polar surface area (TPSA) is 113 Å². The maximum absolute atomic E-state index is 12.1. The largest absolute Gasteiger partial charge is 0.377 e. The predicted octanol–water partition coefficient (Wildman–Crippen LogP) is 2.24. The number of amides is 2. The van der Waals surface area contributed by atoms with Crippen LogP contribution in [0.1, 0.15) is 33.6 Å². The monoisotopic (exact) mass is 340 g/mol. The Morgan fingerprint density at radius 1 is 0.960 bits per heavy atom. The highest BCUT2D eigenvalue weighted by Crippen LogP contribution is 2.31. The van der Waals surface area contributed by atoms with Gasteiger partial charge in [-0.2, -0.15) is 0 Å². The van der Waals surface area contributed by atoms with E-state index in [0.29, 0.717) is 11.3 Å². The van der Waals surface area contributed by atoms with Crippen molar-refractivity contribution in [2.45, 2.75) is 18.9 Å². The van der Waals surface area contributed by atoms with E-state index in [2.05, 4.69) is 16.2 Å². The maximum atomic E-state index is 12.1. The second-order valence-electron chi connectivity index (χ2n) is 5.68. The molecule has 0 bridgehead atoms. The van der Waals surface area contributed by atoms with Gasteiger partial charge in [0.2, 0.25) is 0 Å². The maximum Gasteiger partial charge on any atom is 0.293 e. The number of benzene rings is 2. The Hall–Kier alpha value is -3.42. The number of nitrogens with zero attached hydrogens (tertiary/aromatic N) is 1. The van der Waals surface area contributed by atoms with Gasteiger partial charge < -0.3 is 5.32 Å². The lowest BCUT2D eigenvalue weighted by Gasteiger charge is -2.09. The fraction of sp³-hybridized carbons (Fsp3) is 0.176. The second kappa shape index (κ2) is 7.00. The Labute approximate surface area is 143 Å². The Kier molecular flexibility index (Phi) is 4.60. The van der Waals surface area contributed by atoms with Gasteiger partial charge in [-0.15, -0.1) is 0 Å². The first-order chi connectivity index (χ1) is 12.0. The number of hydrogen-bond donors (Lipinski definition) is 3.